The number of fused-ring (bicyclic) bond motifs is 1. The number of carbonyl (C=O) groups excluding carboxylic acids is 3. The van der Waals surface area contributed by atoms with E-state index < -0.39 is 31.7 Å². The zero-order valence-corrected chi connectivity index (χ0v) is 26.9. The van der Waals surface area contributed by atoms with E-state index in [1.165, 1.54) is 14.0 Å². The molecular weight excluding hydrogens is 494 g/mol. The van der Waals surface area contributed by atoms with Crippen LogP contribution >= 0.6 is 0 Å². The zero-order valence-electron chi connectivity index (χ0n) is 25.9. The molecule has 2 heterocycles. The van der Waals surface area contributed by atoms with Gasteiger partial charge >= 0.3 is 5.97 Å². The maximum atomic E-state index is 13.6. The molecule has 2 saturated heterocycles. The molecule has 216 valence electrons. The van der Waals surface area contributed by atoms with E-state index in [9.17, 15) is 14.4 Å². The summed E-state index contributed by atoms with van der Waals surface area (Å²) in [5.74, 6) is 3.31. The molecule has 0 aromatic rings. The third-order valence-corrected chi connectivity index (χ3v) is 10.2. The predicted octanol–water partition coefficient (Wildman–Crippen LogP) is 5.68. The van der Waals surface area contributed by atoms with Crippen molar-refractivity contribution in [2.24, 2.45) is 23.2 Å². The van der Waals surface area contributed by atoms with Crippen LogP contribution in [0.25, 0.3) is 0 Å². The molecule has 0 aromatic carbocycles. The minimum Gasteiger partial charge on any atom is -0.454 e. The van der Waals surface area contributed by atoms with Gasteiger partial charge in [-0.3, -0.25) is 19.3 Å². The van der Waals surface area contributed by atoms with Gasteiger partial charge in [0, 0.05) is 44.0 Å². The number of hydrogen-bond acceptors (Lipinski definition) is 6. The van der Waals surface area contributed by atoms with Crippen LogP contribution in [-0.2, 0) is 23.9 Å². The lowest BCUT2D eigenvalue weighted by molar-refractivity contribution is -0.160. The van der Waals surface area contributed by atoms with Crippen molar-refractivity contribution in [3.63, 3.8) is 0 Å². The molecule has 7 heteroatoms. The van der Waals surface area contributed by atoms with Crippen LogP contribution in [0.15, 0.2) is 0 Å². The van der Waals surface area contributed by atoms with Gasteiger partial charge in [0.2, 0.25) is 0 Å². The number of carbonyl (C=O) groups is 3. The van der Waals surface area contributed by atoms with E-state index in [-0.39, 0.29) is 41.4 Å². The number of methoxy groups -OCH3 is 1. The van der Waals surface area contributed by atoms with Crippen molar-refractivity contribution in [2.75, 3.05) is 13.7 Å². The van der Waals surface area contributed by atoms with Gasteiger partial charge in [-0.15, -0.1) is 11.5 Å². The molecule has 0 saturated carbocycles. The lowest BCUT2D eigenvalue weighted by atomic mass is 9.70. The zero-order chi connectivity index (χ0) is 29.1. The van der Waals surface area contributed by atoms with E-state index in [0.717, 1.165) is 32.2 Å². The molecule has 1 unspecified atom stereocenters. The minimum atomic E-state index is -1.42. The number of rotatable bonds is 4. The average Bonchev–Trinajstić information content (AvgIpc) is 3.37. The summed E-state index contributed by atoms with van der Waals surface area (Å²) in [5.41, 5.74) is 2.56. The second kappa shape index (κ2) is 12.8. The Morgan fingerprint density at radius 3 is 2.34 bits per heavy atom. The summed E-state index contributed by atoms with van der Waals surface area (Å²) >= 11 is 0. The molecule has 8 atom stereocenters. The van der Waals surface area contributed by atoms with Gasteiger partial charge in [-0.25, -0.2) is 0 Å². The molecule has 0 amide bonds. The van der Waals surface area contributed by atoms with Crippen LogP contribution in [0.4, 0.5) is 0 Å². The molecule has 6 nitrogen and oxygen atoms in total. The van der Waals surface area contributed by atoms with Gasteiger partial charge in [0.15, 0.2) is 11.9 Å². The first-order valence-corrected chi connectivity index (χ1v) is 18.0. The molecule has 2 aliphatic rings. The first-order chi connectivity index (χ1) is 17.5. The van der Waals surface area contributed by atoms with E-state index >= 15 is 0 Å². The number of nitrogens with zero attached hydrogens (tertiary/aromatic N) is 1. The summed E-state index contributed by atoms with van der Waals surface area (Å²) in [6.07, 6.45) is 2.91. The summed E-state index contributed by atoms with van der Waals surface area (Å²) < 4.78 is 11.4. The highest BCUT2D eigenvalue weighted by Gasteiger charge is 2.58. The topological polar surface area (TPSA) is 72.7 Å². The van der Waals surface area contributed by atoms with Crippen LogP contribution in [0, 0.1) is 34.6 Å². The second-order valence-electron chi connectivity index (χ2n) is 13.7. The van der Waals surface area contributed by atoms with E-state index in [2.05, 4.69) is 56.8 Å². The van der Waals surface area contributed by atoms with E-state index in [1.54, 1.807) is 0 Å². The van der Waals surface area contributed by atoms with Gasteiger partial charge < -0.3 is 9.47 Å². The lowest BCUT2D eigenvalue weighted by Gasteiger charge is -2.36. The van der Waals surface area contributed by atoms with Gasteiger partial charge in [-0.05, 0) is 32.1 Å². The Kier molecular flexibility index (Phi) is 11.0. The van der Waals surface area contributed by atoms with Crippen molar-refractivity contribution < 1.29 is 23.9 Å². The van der Waals surface area contributed by atoms with Crippen molar-refractivity contribution in [2.45, 2.75) is 130 Å². The predicted molar refractivity (Wildman–Crippen MR) is 155 cm³/mol. The number of esters is 1. The Hall–Kier alpha value is -1.49. The Balaban J connectivity index is 2.33. The Bertz CT molecular complexity index is 929. The van der Waals surface area contributed by atoms with E-state index in [4.69, 9.17) is 9.47 Å². The Morgan fingerprint density at radius 1 is 1.16 bits per heavy atom. The van der Waals surface area contributed by atoms with Crippen LogP contribution in [0.2, 0.25) is 19.6 Å². The molecule has 2 fully saturated rings. The first-order valence-electron chi connectivity index (χ1n) is 14.5. The monoisotopic (exact) mass is 547 g/mol. The van der Waals surface area contributed by atoms with Gasteiger partial charge in [0.1, 0.15) is 13.9 Å². The van der Waals surface area contributed by atoms with Gasteiger partial charge in [0.25, 0.3) is 0 Å². The first kappa shape index (κ1) is 32.7. The van der Waals surface area contributed by atoms with Crippen LogP contribution in [0.1, 0.15) is 87.0 Å². The van der Waals surface area contributed by atoms with Crippen LogP contribution in [0.3, 0.4) is 0 Å². The van der Waals surface area contributed by atoms with Gasteiger partial charge in [0.05, 0.1) is 17.9 Å². The molecular formula is C31H53NO5Si. The molecule has 0 bridgehead atoms. The van der Waals surface area contributed by atoms with Crippen LogP contribution in [0.5, 0.6) is 0 Å². The van der Waals surface area contributed by atoms with Crippen molar-refractivity contribution in [1.82, 2.24) is 4.90 Å². The summed E-state index contributed by atoms with van der Waals surface area (Å²) in [4.78, 5) is 41.7. The fraction of sp³-hybridized carbons (Fsp3) is 0.839. The molecule has 2 aliphatic heterocycles. The highest BCUT2D eigenvalue weighted by Crippen LogP contribution is 2.48. The van der Waals surface area contributed by atoms with Gasteiger partial charge in [-0.1, -0.05) is 67.1 Å². The molecule has 2 rings (SSSR count). The number of ether oxygens (including phenoxy) is 2. The highest BCUT2D eigenvalue weighted by molar-refractivity contribution is 6.83. The highest BCUT2D eigenvalue weighted by atomic mass is 28.3. The molecule has 0 aromatic heterocycles. The number of ketones is 2. The standard InChI is InChI=1S/C31H53NO5Si/c1-21-15-14-16-31(7)26(32(31)17-12-13-18-38(9,10)11)19-25(24(4)33)37-28(34)20-27(36-8)30(5,6)29(35)23(3)22(21)2/h21-23,25-27H,12,14-17,19-20H2,1-11H3/t21-,22-,23+,25-,26-,27-,31+,32?/m0/s1. The third-order valence-electron chi connectivity index (χ3n) is 9.31. The molecule has 0 N–H and O–H groups in total. The van der Waals surface area contributed by atoms with Crippen molar-refractivity contribution in [1.29, 1.82) is 0 Å². The molecule has 0 radical (unpaired) electrons. The maximum absolute atomic E-state index is 13.6. The second-order valence-corrected chi connectivity index (χ2v) is 18.5. The quantitative estimate of drug-likeness (QED) is 0.195. The Morgan fingerprint density at radius 2 is 1.79 bits per heavy atom. The lowest BCUT2D eigenvalue weighted by Crippen LogP contribution is -2.45. The molecule has 0 aliphatic carbocycles. The summed E-state index contributed by atoms with van der Waals surface area (Å²) in [7, 11) is 0.113. The van der Waals surface area contributed by atoms with E-state index in [1.807, 2.05) is 20.8 Å². The maximum Gasteiger partial charge on any atom is 0.309 e. The fourth-order valence-electron chi connectivity index (χ4n) is 6.20. The van der Waals surface area contributed by atoms with Crippen molar-refractivity contribution in [3.05, 3.63) is 0 Å². The summed E-state index contributed by atoms with van der Waals surface area (Å²) in [5, 5.41) is 0. The number of Topliss-reactive ketones (excluding diaryl/α,β-unsaturated/α-hetero) is 2. The van der Waals surface area contributed by atoms with Crippen molar-refractivity contribution >= 4 is 25.6 Å². The fourth-order valence-corrected chi connectivity index (χ4v) is 6.85. The summed E-state index contributed by atoms with van der Waals surface area (Å²) in [6, 6.07) is 0.175. The van der Waals surface area contributed by atoms with E-state index in [0.29, 0.717) is 12.3 Å². The van der Waals surface area contributed by atoms with Crippen LogP contribution in [-0.4, -0.2) is 68.0 Å². The summed E-state index contributed by atoms with van der Waals surface area (Å²) in [6.45, 7) is 21.5. The third kappa shape index (κ3) is 8.02. The SMILES string of the molecule is CO[C@H]1CC(=O)O[C@H](C(C)=O)C[C@@H]2N(CCC#C[Si](C)(C)C)[C@]2(C)CCC[C@H](C)[C@H](C)[C@@H](C)C(=O)C1(C)C. The normalized spacial score (nSPS) is 36.9. The number of hydrogen-bond donors (Lipinski definition) is 0. The van der Waals surface area contributed by atoms with Gasteiger partial charge in [-0.2, -0.15) is 0 Å². The average molecular weight is 548 g/mol. The Labute approximate surface area is 233 Å². The molecule has 38 heavy (non-hydrogen) atoms. The largest absolute Gasteiger partial charge is 0.454 e. The molecule has 0 spiro atoms. The minimum absolute atomic E-state index is 0.0422. The van der Waals surface area contributed by atoms with Crippen molar-refractivity contribution in [3.8, 4) is 11.5 Å². The van der Waals surface area contributed by atoms with Crippen LogP contribution < -0.4 is 0 Å². The number of cyclic esters (lactones) is 1. The smallest absolute Gasteiger partial charge is 0.309 e.